The smallest absolute Gasteiger partial charge is 0.258 e. The maximum absolute atomic E-state index is 13.1. The number of carbonyl (C=O) groups is 2. The Hall–Kier alpha value is -2.24. The predicted octanol–water partition coefficient (Wildman–Crippen LogP) is 0.861. The zero-order chi connectivity index (χ0) is 16.0. The Morgan fingerprint density at radius 3 is 2.43 bits per heavy atom. The highest BCUT2D eigenvalue weighted by Gasteiger charge is 2.33. The maximum Gasteiger partial charge on any atom is 0.258 e. The van der Waals surface area contributed by atoms with Gasteiger partial charge in [-0.3, -0.25) is 9.59 Å². The van der Waals surface area contributed by atoms with Gasteiger partial charge in [-0.1, -0.05) is 0 Å². The normalized spacial score (nSPS) is 19.0. The standard InChI is InChI=1S/C17H20N2O4/c1-11(20)18-4-6-19(7-5-18)17(21)15-13-3-9-22-14(13)10-12-2-8-23-16(12)15/h10H,2-9H2,1H3. The number of hydrogen-bond donors (Lipinski definition) is 0. The third-order valence-corrected chi connectivity index (χ3v) is 4.88. The molecule has 0 radical (unpaired) electrons. The van der Waals surface area contributed by atoms with Crippen LogP contribution in [0, 0.1) is 0 Å². The first kappa shape index (κ1) is 14.4. The van der Waals surface area contributed by atoms with Crippen molar-refractivity contribution >= 4 is 11.8 Å². The van der Waals surface area contributed by atoms with E-state index in [1.54, 1.807) is 11.8 Å². The molecule has 0 N–H and O–H groups in total. The number of benzene rings is 1. The molecular weight excluding hydrogens is 296 g/mol. The molecule has 0 aromatic heterocycles. The number of nitrogens with zero attached hydrogens (tertiary/aromatic N) is 2. The molecule has 6 nitrogen and oxygen atoms in total. The first-order chi connectivity index (χ1) is 11.1. The lowest BCUT2D eigenvalue weighted by Crippen LogP contribution is -2.50. The van der Waals surface area contributed by atoms with Gasteiger partial charge in [-0.15, -0.1) is 0 Å². The maximum atomic E-state index is 13.1. The zero-order valence-electron chi connectivity index (χ0n) is 13.3. The molecule has 3 heterocycles. The van der Waals surface area contributed by atoms with Crippen molar-refractivity contribution in [1.82, 2.24) is 9.80 Å². The summed E-state index contributed by atoms with van der Waals surface area (Å²) in [5.41, 5.74) is 2.73. The Labute approximate surface area is 134 Å². The van der Waals surface area contributed by atoms with Gasteiger partial charge in [0.15, 0.2) is 0 Å². The van der Waals surface area contributed by atoms with Crippen LogP contribution in [0.2, 0.25) is 0 Å². The Kier molecular flexibility index (Phi) is 3.39. The van der Waals surface area contributed by atoms with Crippen LogP contribution >= 0.6 is 0 Å². The first-order valence-corrected chi connectivity index (χ1v) is 8.14. The van der Waals surface area contributed by atoms with Crippen LogP contribution < -0.4 is 9.47 Å². The van der Waals surface area contributed by atoms with E-state index in [0.29, 0.717) is 45.0 Å². The topological polar surface area (TPSA) is 59.1 Å². The summed E-state index contributed by atoms with van der Waals surface area (Å²) in [5, 5.41) is 0. The fourth-order valence-corrected chi connectivity index (χ4v) is 3.59. The summed E-state index contributed by atoms with van der Waals surface area (Å²) in [4.78, 5) is 28.1. The molecule has 0 bridgehead atoms. The molecule has 1 aromatic carbocycles. The Morgan fingerprint density at radius 2 is 1.70 bits per heavy atom. The summed E-state index contributed by atoms with van der Waals surface area (Å²) < 4.78 is 11.4. The van der Waals surface area contributed by atoms with Gasteiger partial charge in [0.05, 0.1) is 18.8 Å². The number of ether oxygens (including phenoxy) is 2. The number of amides is 2. The largest absolute Gasteiger partial charge is 0.493 e. The molecule has 0 unspecified atom stereocenters. The zero-order valence-corrected chi connectivity index (χ0v) is 13.3. The predicted molar refractivity (Wildman–Crippen MR) is 83.0 cm³/mol. The minimum Gasteiger partial charge on any atom is -0.493 e. The molecule has 0 aliphatic carbocycles. The second-order valence-corrected chi connectivity index (χ2v) is 6.21. The molecular formula is C17H20N2O4. The molecule has 122 valence electrons. The van der Waals surface area contributed by atoms with Crippen molar-refractivity contribution in [3.05, 3.63) is 22.8 Å². The van der Waals surface area contributed by atoms with E-state index in [4.69, 9.17) is 9.47 Å². The van der Waals surface area contributed by atoms with Crippen molar-refractivity contribution in [2.75, 3.05) is 39.4 Å². The van der Waals surface area contributed by atoms with Gasteiger partial charge in [0.1, 0.15) is 11.5 Å². The summed E-state index contributed by atoms with van der Waals surface area (Å²) in [7, 11) is 0. The Bertz CT molecular complexity index is 645. The second-order valence-electron chi connectivity index (χ2n) is 6.21. The van der Waals surface area contributed by atoms with Crippen molar-refractivity contribution in [2.45, 2.75) is 19.8 Å². The van der Waals surface area contributed by atoms with Crippen LogP contribution in [0.4, 0.5) is 0 Å². The van der Waals surface area contributed by atoms with Crippen LogP contribution in [0.25, 0.3) is 0 Å². The van der Waals surface area contributed by atoms with Crippen molar-refractivity contribution in [1.29, 1.82) is 0 Å². The lowest BCUT2D eigenvalue weighted by molar-refractivity contribution is -0.130. The lowest BCUT2D eigenvalue weighted by Gasteiger charge is -2.34. The molecule has 3 aliphatic heterocycles. The van der Waals surface area contributed by atoms with E-state index in [0.717, 1.165) is 35.5 Å². The van der Waals surface area contributed by atoms with Gasteiger partial charge in [0.2, 0.25) is 5.91 Å². The van der Waals surface area contributed by atoms with Crippen LogP contribution in [0.15, 0.2) is 6.07 Å². The number of rotatable bonds is 1. The molecule has 0 atom stereocenters. The van der Waals surface area contributed by atoms with Crippen LogP contribution in [0.5, 0.6) is 11.5 Å². The van der Waals surface area contributed by atoms with E-state index in [-0.39, 0.29) is 11.8 Å². The molecule has 23 heavy (non-hydrogen) atoms. The number of carbonyl (C=O) groups excluding carboxylic acids is 2. The molecule has 4 rings (SSSR count). The molecule has 1 saturated heterocycles. The highest BCUT2D eigenvalue weighted by atomic mass is 16.5. The summed E-state index contributed by atoms with van der Waals surface area (Å²) in [6.45, 7) is 5.13. The number of fused-ring (bicyclic) bond motifs is 2. The Balaban J connectivity index is 1.64. The lowest BCUT2D eigenvalue weighted by atomic mass is 9.98. The van der Waals surface area contributed by atoms with Gasteiger partial charge in [-0.05, 0) is 6.07 Å². The van der Waals surface area contributed by atoms with E-state index < -0.39 is 0 Å². The summed E-state index contributed by atoms with van der Waals surface area (Å²) in [5.74, 6) is 1.65. The van der Waals surface area contributed by atoms with Crippen molar-refractivity contribution < 1.29 is 19.1 Å². The quantitative estimate of drug-likeness (QED) is 0.771. The molecule has 1 fully saturated rings. The molecule has 2 amide bonds. The molecule has 1 aromatic rings. The molecule has 0 spiro atoms. The highest BCUT2D eigenvalue weighted by molar-refractivity contribution is 6.00. The van der Waals surface area contributed by atoms with Gasteiger partial charge >= 0.3 is 0 Å². The minimum absolute atomic E-state index is 0.00806. The van der Waals surface area contributed by atoms with Crippen molar-refractivity contribution in [3.8, 4) is 11.5 Å². The van der Waals surface area contributed by atoms with E-state index in [9.17, 15) is 9.59 Å². The van der Waals surface area contributed by atoms with Crippen LogP contribution in [0.3, 0.4) is 0 Å². The average molecular weight is 316 g/mol. The fraction of sp³-hybridized carbons (Fsp3) is 0.529. The number of piperazine rings is 1. The highest BCUT2D eigenvalue weighted by Crippen LogP contribution is 2.41. The van der Waals surface area contributed by atoms with Gasteiger partial charge in [-0.25, -0.2) is 0 Å². The monoisotopic (exact) mass is 316 g/mol. The van der Waals surface area contributed by atoms with Gasteiger partial charge in [-0.2, -0.15) is 0 Å². The SMILES string of the molecule is CC(=O)N1CCN(C(=O)c2c3c(cc4c2OCC4)OCC3)CC1. The van der Waals surface area contributed by atoms with Crippen molar-refractivity contribution in [2.24, 2.45) is 0 Å². The minimum atomic E-state index is 0.00806. The third-order valence-electron chi connectivity index (χ3n) is 4.88. The summed E-state index contributed by atoms with van der Waals surface area (Å²) in [6, 6.07) is 2.02. The van der Waals surface area contributed by atoms with E-state index in [2.05, 4.69) is 0 Å². The third kappa shape index (κ3) is 2.33. The van der Waals surface area contributed by atoms with Gasteiger partial charge < -0.3 is 19.3 Å². The molecule has 0 saturated carbocycles. The summed E-state index contributed by atoms with van der Waals surface area (Å²) in [6.07, 6.45) is 1.57. The van der Waals surface area contributed by atoms with E-state index in [1.807, 2.05) is 11.0 Å². The first-order valence-electron chi connectivity index (χ1n) is 8.14. The van der Waals surface area contributed by atoms with Gasteiger partial charge in [0, 0.05) is 57.1 Å². The second kappa shape index (κ2) is 5.44. The van der Waals surface area contributed by atoms with E-state index >= 15 is 0 Å². The Morgan fingerprint density at radius 1 is 1.00 bits per heavy atom. The molecule has 6 heteroatoms. The average Bonchev–Trinajstić information content (AvgIpc) is 3.20. The van der Waals surface area contributed by atoms with Crippen LogP contribution in [0.1, 0.15) is 28.4 Å². The van der Waals surface area contributed by atoms with Crippen LogP contribution in [-0.4, -0.2) is 61.0 Å². The van der Waals surface area contributed by atoms with Crippen molar-refractivity contribution in [3.63, 3.8) is 0 Å². The number of hydrogen-bond acceptors (Lipinski definition) is 4. The summed E-state index contributed by atoms with van der Waals surface area (Å²) >= 11 is 0. The van der Waals surface area contributed by atoms with Crippen LogP contribution in [-0.2, 0) is 17.6 Å². The van der Waals surface area contributed by atoms with Gasteiger partial charge in [0.25, 0.3) is 5.91 Å². The molecule has 3 aliphatic rings. The van der Waals surface area contributed by atoms with E-state index in [1.165, 1.54) is 0 Å². The fourth-order valence-electron chi connectivity index (χ4n) is 3.59.